The summed E-state index contributed by atoms with van der Waals surface area (Å²) in [5.41, 5.74) is 8.56. The van der Waals surface area contributed by atoms with Crippen LogP contribution in [0.4, 0.5) is 11.6 Å². The zero-order valence-corrected chi connectivity index (χ0v) is 24.4. The molecule has 0 radical (unpaired) electrons. The van der Waals surface area contributed by atoms with Crippen LogP contribution in [0.2, 0.25) is 0 Å². The monoisotopic (exact) mass is 554 g/mol. The molecule has 0 saturated carbocycles. The lowest BCUT2D eigenvalue weighted by molar-refractivity contribution is -0.123. The van der Waals surface area contributed by atoms with Gasteiger partial charge in [-0.15, -0.1) is 0 Å². The van der Waals surface area contributed by atoms with Crippen LogP contribution < -0.4 is 15.8 Å². The molecule has 216 valence electrons. The quantitative estimate of drug-likeness (QED) is 0.156. The van der Waals surface area contributed by atoms with Gasteiger partial charge in [0.15, 0.2) is 6.10 Å². The molecule has 4 heterocycles. The van der Waals surface area contributed by atoms with Gasteiger partial charge in [0.1, 0.15) is 28.7 Å². The van der Waals surface area contributed by atoms with Gasteiger partial charge in [-0.3, -0.25) is 13.6 Å². The first kappa shape index (κ1) is 29.6. The maximum absolute atomic E-state index is 13.1. The number of carbonyl (C=O) groups is 1. The Kier molecular flexibility index (Phi) is 10.8. The van der Waals surface area contributed by atoms with Gasteiger partial charge in [0.25, 0.3) is 5.91 Å². The second-order valence-electron chi connectivity index (χ2n) is 10.4. The van der Waals surface area contributed by atoms with Gasteiger partial charge >= 0.3 is 0 Å². The number of nitrogens with one attached hydrogen (secondary N) is 1. The van der Waals surface area contributed by atoms with Crippen LogP contribution in [0.5, 0.6) is 5.75 Å². The van der Waals surface area contributed by atoms with Crippen molar-refractivity contribution in [1.29, 1.82) is 0 Å². The van der Waals surface area contributed by atoms with Crippen molar-refractivity contribution < 1.29 is 9.53 Å². The van der Waals surface area contributed by atoms with Gasteiger partial charge in [0, 0.05) is 12.4 Å². The van der Waals surface area contributed by atoms with Gasteiger partial charge in [-0.2, -0.15) is 0 Å². The van der Waals surface area contributed by atoms with Gasteiger partial charge in [-0.25, -0.2) is 9.97 Å². The summed E-state index contributed by atoms with van der Waals surface area (Å²) < 4.78 is 9.88. The van der Waals surface area contributed by atoms with E-state index in [0.29, 0.717) is 24.0 Å². The van der Waals surface area contributed by atoms with Crippen LogP contribution >= 0.6 is 0 Å². The molecule has 8 nitrogen and oxygen atoms in total. The number of pyridine rings is 2. The van der Waals surface area contributed by atoms with E-state index in [1.54, 1.807) is 12.4 Å². The largest absolute Gasteiger partial charge is 0.481 e. The number of nitrogen functional groups attached to an aromatic ring is 1. The Balaban J connectivity index is 0.000000322. The van der Waals surface area contributed by atoms with Crippen molar-refractivity contribution in [2.24, 2.45) is 0 Å². The number of hydrogen-bond acceptors (Lipinski definition) is 5. The second kappa shape index (κ2) is 14.9. The molecule has 0 aliphatic rings. The average molecular weight is 555 g/mol. The van der Waals surface area contributed by atoms with E-state index in [1.807, 2.05) is 69.7 Å². The summed E-state index contributed by atoms with van der Waals surface area (Å²) >= 11 is 0. The number of nitrogens with two attached hydrogens (primary N) is 1. The highest BCUT2D eigenvalue weighted by atomic mass is 16.5. The van der Waals surface area contributed by atoms with Crippen molar-refractivity contribution in [2.75, 3.05) is 11.1 Å². The zero-order valence-electron chi connectivity index (χ0n) is 24.4. The normalized spacial score (nSPS) is 12.5. The number of nitrogens with zero attached hydrogens (tertiary/aromatic N) is 4. The Hall–Kier alpha value is -4.33. The predicted molar refractivity (Wildman–Crippen MR) is 166 cm³/mol. The molecule has 0 bridgehead atoms. The molecule has 5 rings (SSSR count). The lowest BCUT2D eigenvalue weighted by Gasteiger charge is -2.19. The highest BCUT2D eigenvalue weighted by molar-refractivity contribution is 5.94. The summed E-state index contributed by atoms with van der Waals surface area (Å²) in [6.07, 6.45) is 14.1. The van der Waals surface area contributed by atoms with Crippen molar-refractivity contribution in [2.45, 2.75) is 77.7 Å². The number of carbonyl (C=O) groups excluding carboxylic acids is 1. The highest BCUT2D eigenvalue weighted by Gasteiger charge is 2.22. The fourth-order valence-electron chi connectivity index (χ4n) is 4.64. The molecule has 41 heavy (non-hydrogen) atoms. The van der Waals surface area contributed by atoms with E-state index in [4.69, 9.17) is 10.5 Å². The van der Waals surface area contributed by atoms with Crippen molar-refractivity contribution >= 4 is 28.8 Å². The fraction of sp³-hybridized carbons (Fsp3) is 0.364. The minimum Gasteiger partial charge on any atom is -0.481 e. The van der Waals surface area contributed by atoms with E-state index in [2.05, 4.69) is 48.2 Å². The van der Waals surface area contributed by atoms with Gasteiger partial charge in [-0.05, 0) is 67.1 Å². The Morgan fingerprint density at radius 3 is 2.22 bits per heavy atom. The first-order chi connectivity index (χ1) is 20.0. The number of amides is 1. The first-order valence-electron chi connectivity index (χ1n) is 14.7. The molecule has 2 atom stereocenters. The van der Waals surface area contributed by atoms with Crippen LogP contribution in [0, 0.1) is 0 Å². The van der Waals surface area contributed by atoms with Crippen LogP contribution in [-0.2, 0) is 4.79 Å². The maximum Gasteiger partial charge on any atom is 0.266 e. The third-order valence-corrected chi connectivity index (χ3v) is 7.32. The number of imidazole rings is 2. The van der Waals surface area contributed by atoms with Crippen molar-refractivity contribution in [1.82, 2.24) is 18.8 Å². The number of aromatic nitrogens is 4. The Morgan fingerprint density at radius 2 is 1.54 bits per heavy atom. The smallest absolute Gasteiger partial charge is 0.266 e. The van der Waals surface area contributed by atoms with Gasteiger partial charge < -0.3 is 15.8 Å². The number of rotatable bonds is 12. The van der Waals surface area contributed by atoms with Crippen LogP contribution in [0.1, 0.15) is 77.2 Å². The zero-order chi connectivity index (χ0) is 29.0. The third kappa shape index (κ3) is 8.10. The number of fused-ring (bicyclic) bond motifs is 2. The molecule has 1 amide bonds. The maximum atomic E-state index is 13.1. The average Bonchev–Trinajstić information content (AvgIpc) is 3.60. The predicted octanol–water partition coefficient (Wildman–Crippen LogP) is 7.51. The molecule has 0 aliphatic heterocycles. The first-order valence-corrected chi connectivity index (χ1v) is 14.7. The summed E-state index contributed by atoms with van der Waals surface area (Å²) in [6.45, 7) is 6.62. The van der Waals surface area contributed by atoms with Crippen LogP contribution in [0.25, 0.3) is 11.3 Å². The lowest BCUT2D eigenvalue weighted by Crippen LogP contribution is -2.33. The molecule has 0 spiro atoms. The van der Waals surface area contributed by atoms with Gasteiger partial charge in [0.2, 0.25) is 0 Å². The molecule has 0 saturated heterocycles. The second-order valence-corrected chi connectivity index (χ2v) is 10.4. The molecule has 0 fully saturated rings. The molecular weight excluding hydrogens is 512 g/mol. The van der Waals surface area contributed by atoms with Crippen molar-refractivity contribution in [3.63, 3.8) is 0 Å². The number of anilines is 2. The Labute approximate surface area is 242 Å². The lowest BCUT2D eigenvalue weighted by atomic mass is 9.99. The number of benzene rings is 1. The minimum atomic E-state index is -0.537. The molecule has 2 unspecified atom stereocenters. The highest BCUT2D eigenvalue weighted by Crippen LogP contribution is 2.23. The SMILES string of the molecule is CCCCCCCC(Oc1ccc(C(C)CC)cc1)C(=O)Nc1cnc2ccccn12.Nc1cnc2ccccn12. The molecule has 0 aliphatic carbocycles. The standard InChI is InChI=1S/C26H35N3O2.C7H7N3/c1-4-6-7-8-9-12-23(31-22-16-14-21(15-17-22)20(3)5-2)26(30)28-25-19-27-24-13-10-11-18-29(24)25;8-6-5-9-7-3-1-2-4-10(6)7/h10-11,13-20,23H,4-9,12H2,1-3H3,(H,28,30);1-5H,8H2. The fourth-order valence-corrected chi connectivity index (χ4v) is 4.64. The molecule has 1 aromatic carbocycles. The summed E-state index contributed by atoms with van der Waals surface area (Å²) in [4.78, 5) is 21.5. The van der Waals surface area contributed by atoms with E-state index in [-0.39, 0.29) is 5.91 Å². The summed E-state index contributed by atoms with van der Waals surface area (Å²) in [5.74, 6) is 2.45. The van der Waals surface area contributed by atoms with E-state index in [1.165, 1.54) is 24.8 Å². The van der Waals surface area contributed by atoms with E-state index in [0.717, 1.165) is 36.3 Å². The summed E-state index contributed by atoms with van der Waals surface area (Å²) in [5, 5.41) is 3.01. The van der Waals surface area contributed by atoms with Gasteiger partial charge in [-0.1, -0.05) is 70.7 Å². The molecule has 3 N–H and O–H groups in total. The van der Waals surface area contributed by atoms with E-state index >= 15 is 0 Å². The third-order valence-electron chi connectivity index (χ3n) is 7.32. The van der Waals surface area contributed by atoms with Gasteiger partial charge in [0.05, 0.1) is 12.4 Å². The molecule has 4 aromatic heterocycles. The molecule has 5 aromatic rings. The number of unbranched alkanes of at least 4 members (excludes halogenated alkanes) is 4. The van der Waals surface area contributed by atoms with E-state index in [9.17, 15) is 4.79 Å². The van der Waals surface area contributed by atoms with Crippen molar-refractivity contribution in [3.05, 3.63) is 91.0 Å². The van der Waals surface area contributed by atoms with Crippen LogP contribution in [0.3, 0.4) is 0 Å². The van der Waals surface area contributed by atoms with Crippen LogP contribution in [0.15, 0.2) is 85.5 Å². The molecule has 8 heteroatoms. The Bertz CT molecular complexity index is 1510. The molecular formula is C33H42N6O2. The van der Waals surface area contributed by atoms with Crippen LogP contribution in [-0.4, -0.2) is 30.8 Å². The minimum absolute atomic E-state index is 0.132. The van der Waals surface area contributed by atoms with Crippen molar-refractivity contribution in [3.8, 4) is 5.75 Å². The summed E-state index contributed by atoms with van der Waals surface area (Å²) in [6, 6.07) is 19.7. The number of hydrogen-bond donors (Lipinski definition) is 2. The van der Waals surface area contributed by atoms with E-state index < -0.39 is 6.10 Å². The topological polar surface area (TPSA) is 98.9 Å². The Morgan fingerprint density at radius 1 is 0.878 bits per heavy atom. The summed E-state index contributed by atoms with van der Waals surface area (Å²) in [7, 11) is 0. The number of ether oxygens (including phenoxy) is 1.